The highest BCUT2D eigenvalue weighted by Gasteiger charge is 2.35. The van der Waals surface area contributed by atoms with E-state index >= 15 is 0 Å². The molecule has 0 spiro atoms. The van der Waals surface area contributed by atoms with E-state index < -0.39 is 5.97 Å². The van der Waals surface area contributed by atoms with Gasteiger partial charge in [0.1, 0.15) is 0 Å². The zero-order valence-electron chi connectivity index (χ0n) is 10.7. The summed E-state index contributed by atoms with van der Waals surface area (Å²) in [5.74, 6) is -0.670. The molecule has 1 unspecified atom stereocenters. The molecule has 0 bridgehead atoms. The normalized spacial score (nSPS) is 25.5. The highest BCUT2D eigenvalue weighted by Crippen LogP contribution is 2.21. The number of rotatable bonds is 2. The number of carbonyl (C=O) groups is 2. The van der Waals surface area contributed by atoms with Crippen molar-refractivity contribution in [1.82, 2.24) is 9.80 Å². The minimum atomic E-state index is -0.788. The largest absolute Gasteiger partial charge is 0.481 e. The molecule has 2 rings (SSSR count). The lowest BCUT2D eigenvalue weighted by Crippen LogP contribution is -2.56. The second-order valence-electron chi connectivity index (χ2n) is 5.13. The number of hydrogen-bond acceptors (Lipinski definition) is 3. The Kier molecular flexibility index (Phi) is 4.06. The smallest absolute Gasteiger partial charge is 0.320 e. The first-order chi connectivity index (χ1) is 8.56. The molecule has 0 aromatic heterocycles. The minimum Gasteiger partial charge on any atom is -0.481 e. The fourth-order valence-corrected chi connectivity index (χ4v) is 2.47. The van der Waals surface area contributed by atoms with Crippen molar-refractivity contribution in [2.75, 3.05) is 32.8 Å². The predicted octanol–water partition coefficient (Wildman–Crippen LogP) is 0.624. The number of likely N-dealkylation sites (tertiary alicyclic amines) is 1. The van der Waals surface area contributed by atoms with Crippen LogP contribution in [-0.4, -0.2) is 65.8 Å². The van der Waals surface area contributed by atoms with Gasteiger partial charge >= 0.3 is 12.0 Å². The van der Waals surface area contributed by atoms with Crippen LogP contribution in [0.15, 0.2) is 0 Å². The maximum Gasteiger partial charge on any atom is 0.320 e. The van der Waals surface area contributed by atoms with E-state index in [4.69, 9.17) is 9.84 Å². The molecule has 0 radical (unpaired) electrons. The van der Waals surface area contributed by atoms with Crippen LogP contribution in [0.4, 0.5) is 4.79 Å². The van der Waals surface area contributed by atoms with E-state index in [1.54, 1.807) is 4.90 Å². The molecule has 18 heavy (non-hydrogen) atoms. The van der Waals surface area contributed by atoms with Gasteiger partial charge in [0.25, 0.3) is 0 Å². The van der Waals surface area contributed by atoms with Gasteiger partial charge < -0.3 is 19.6 Å². The highest BCUT2D eigenvalue weighted by molar-refractivity contribution is 5.76. The van der Waals surface area contributed by atoms with Crippen molar-refractivity contribution in [2.45, 2.75) is 25.9 Å². The number of carboxylic acid groups (broad SMARTS) is 1. The molecule has 0 saturated carbocycles. The van der Waals surface area contributed by atoms with Gasteiger partial charge in [-0.1, -0.05) is 0 Å². The van der Waals surface area contributed by atoms with Crippen molar-refractivity contribution >= 4 is 12.0 Å². The molecule has 2 heterocycles. The molecule has 2 aliphatic heterocycles. The Bertz CT molecular complexity index is 328. The van der Waals surface area contributed by atoms with Crippen LogP contribution in [0.25, 0.3) is 0 Å². The fraction of sp³-hybridized carbons (Fsp3) is 0.833. The third kappa shape index (κ3) is 3.13. The number of aliphatic carboxylic acids is 1. The molecular weight excluding hydrogens is 236 g/mol. The zero-order valence-corrected chi connectivity index (χ0v) is 10.7. The van der Waals surface area contributed by atoms with Gasteiger partial charge in [0, 0.05) is 38.7 Å². The molecule has 102 valence electrons. The summed E-state index contributed by atoms with van der Waals surface area (Å²) in [6.45, 7) is 5.15. The van der Waals surface area contributed by atoms with Crippen LogP contribution < -0.4 is 0 Å². The Balaban J connectivity index is 1.80. The van der Waals surface area contributed by atoms with Crippen molar-refractivity contribution in [3.8, 4) is 0 Å². The Hall–Kier alpha value is -1.30. The van der Waals surface area contributed by atoms with E-state index in [2.05, 4.69) is 0 Å². The molecule has 2 fully saturated rings. The lowest BCUT2D eigenvalue weighted by molar-refractivity contribution is -0.139. The first-order valence-electron chi connectivity index (χ1n) is 6.43. The van der Waals surface area contributed by atoms with Crippen LogP contribution in [0.5, 0.6) is 0 Å². The van der Waals surface area contributed by atoms with E-state index in [-0.39, 0.29) is 24.5 Å². The first-order valence-corrected chi connectivity index (χ1v) is 6.43. The van der Waals surface area contributed by atoms with E-state index in [0.29, 0.717) is 26.2 Å². The van der Waals surface area contributed by atoms with Crippen LogP contribution in [0, 0.1) is 5.92 Å². The molecular formula is C12H20N2O4. The quantitative estimate of drug-likeness (QED) is 0.786. The van der Waals surface area contributed by atoms with Crippen molar-refractivity contribution in [3.63, 3.8) is 0 Å². The van der Waals surface area contributed by atoms with Crippen molar-refractivity contribution in [2.24, 2.45) is 5.92 Å². The molecule has 6 nitrogen and oxygen atoms in total. The van der Waals surface area contributed by atoms with Gasteiger partial charge in [-0.25, -0.2) is 4.79 Å². The zero-order chi connectivity index (χ0) is 13.1. The van der Waals surface area contributed by atoms with Gasteiger partial charge in [0.2, 0.25) is 0 Å². The molecule has 0 aromatic rings. The third-order valence-corrected chi connectivity index (χ3v) is 3.41. The van der Waals surface area contributed by atoms with Crippen molar-refractivity contribution in [3.05, 3.63) is 0 Å². The Morgan fingerprint density at radius 1 is 1.28 bits per heavy atom. The van der Waals surface area contributed by atoms with Gasteiger partial charge in [-0.15, -0.1) is 0 Å². The SMILES string of the molecule is CC1CN(C(=O)N2CC(CC(=O)O)C2)CCCO1. The summed E-state index contributed by atoms with van der Waals surface area (Å²) in [4.78, 5) is 26.2. The first kappa shape index (κ1) is 13.1. The Morgan fingerprint density at radius 2 is 2.00 bits per heavy atom. The average molecular weight is 256 g/mol. The molecule has 6 heteroatoms. The van der Waals surface area contributed by atoms with E-state index in [0.717, 1.165) is 13.0 Å². The molecule has 1 atom stereocenters. The van der Waals surface area contributed by atoms with Crippen LogP contribution in [0.2, 0.25) is 0 Å². The van der Waals surface area contributed by atoms with E-state index in [9.17, 15) is 9.59 Å². The van der Waals surface area contributed by atoms with Crippen LogP contribution in [-0.2, 0) is 9.53 Å². The third-order valence-electron chi connectivity index (χ3n) is 3.41. The predicted molar refractivity (Wildman–Crippen MR) is 64.3 cm³/mol. The Morgan fingerprint density at radius 3 is 2.67 bits per heavy atom. The minimum absolute atomic E-state index is 0.0222. The molecule has 2 aliphatic rings. The number of carbonyl (C=O) groups excluding carboxylic acids is 1. The standard InChI is InChI=1S/C12H20N2O4/c1-9-6-13(3-2-4-18-9)12(17)14-7-10(8-14)5-11(15)16/h9-10H,2-8H2,1H3,(H,15,16). The fourth-order valence-electron chi connectivity index (χ4n) is 2.47. The van der Waals surface area contributed by atoms with E-state index in [1.165, 1.54) is 0 Å². The summed E-state index contributed by atoms with van der Waals surface area (Å²) in [5, 5.41) is 8.66. The average Bonchev–Trinajstić information content (AvgIpc) is 2.46. The number of amides is 2. The maximum atomic E-state index is 12.2. The molecule has 1 N–H and O–H groups in total. The number of hydrogen-bond donors (Lipinski definition) is 1. The van der Waals surface area contributed by atoms with Gasteiger partial charge in [0.15, 0.2) is 0 Å². The number of carboxylic acids is 1. The number of urea groups is 1. The van der Waals surface area contributed by atoms with Gasteiger partial charge in [-0.05, 0) is 13.3 Å². The highest BCUT2D eigenvalue weighted by atomic mass is 16.5. The number of ether oxygens (including phenoxy) is 1. The van der Waals surface area contributed by atoms with Crippen LogP contribution in [0.3, 0.4) is 0 Å². The molecule has 0 aromatic carbocycles. The van der Waals surface area contributed by atoms with Gasteiger partial charge in [-0.3, -0.25) is 4.79 Å². The van der Waals surface area contributed by atoms with Gasteiger partial charge in [-0.2, -0.15) is 0 Å². The van der Waals surface area contributed by atoms with Crippen LogP contribution in [0.1, 0.15) is 19.8 Å². The maximum absolute atomic E-state index is 12.2. The van der Waals surface area contributed by atoms with Crippen LogP contribution >= 0.6 is 0 Å². The van der Waals surface area contributed by atoms with E-state index in [1.807, 2.05) is 11.8 Å². The lowest BCUT2D eigenvalue weighted by atomic mass is 9.97. The summed E-state index contributed by atoms with van der Waals surface area (Å²) in [7, 11) is 0. The van der Waals surface area contributed by atoms with Gasteiger partial charge in [0.05, 0.1) is 12.5 Å². The molecule has 2 saturated heterocycles. The van der Waals surface area contributed by atoms with Crippen molar-refractivity contribution in [1.29, 1.82) is 0 Å². The number of nitrogens with zero attached hydrogens (tertiary/aromatic N) is 2. The molecule has 0 aliphatic carbocycles. The monoisotopic (exact) mass is 256 g/mol. The summed E-state index contributed by atoms with van der Waals surface area (Å²) in [6, 6.07) is 0.0222. The summed E-state index contributed by atoms with van der Waals surface area (Å²) < 4.78 is 5.50. The summed E-state index contributed by atoms with van der Waals surface area (Å²) in [5.41, 5.74) is 0. The summed E-state index contributed by atoms with van der Waals surface area (Å²) >= 11 is 0. The van der Waals surface area contributed by atoms with Crippen molar-refractivity contribution < 1.29 is 19.4 Å². The second kappa shape index (κ2) is 5.56. The lowest BCUT2D eigenvalue weighted by Gasteiger charge is -2.41. The second-order valence-corrected chi connectivity index (χ2v) is 5.13. The molecule has 2 amide bonds. The topological polar surface area (TPSA) is 70.1 Å². The Labute approximate surface area is 106 Å². The summed E-state index contributed by atoms with van der Waals surface area (Å²) in [6.07, 6.45) is 1.10.